The summed E-state index contributed by atoms with van der Waals surface area (Å²) in [4.78, 5) is 23.7. The van der Waals surface area contributed by atoms with E-state index in [9.17, 15) is 9.59 Å². The lowest BCUT2D eigenvalue weighted by molar-refractivity contribution is -0.137. The molecule has 5 heteroatoms. The Bertz CT molecular complexity index is 576. The molecule has 0 spiro atoms. The summed E-state index contributed by atoms with van der Waals surface area (Å²) in [6.45, 7) is 6.80. The molecule has 0 aliphatic heterocycles. The summed E-state index contributed by atoms with van der Waals surface area (Å²) in [5.41, 5.74) is 3.19. The van der Waals surface area contributed by atoms with Gasteiger partial charge in [0.15, 0.2) is 0 Å². The molecule has 0 heterocycles. The zero-order valence-electron chi connectivity index (χ0n) is 12.4. The fourth-order valence-electron chi connectivity index (χ4n) is 1.47. The third-order valence-corrected chi connectivity index (χ3v) is 3.32. The van der Waals surface area contributed by atoms with Gasteiger partial charge in [0.25, 0.3) is 0 Å². The van der Waals surface area contributed by atoms with Crippen LogP contribution in [0.2, 0.25) is 0 Å². The molecule has 0 fully saturated rings. The SMILES string of the molecule is C=CC(=O)N(C)C(C)=C(Cl)C(=O)OCC.c1cc2cc-2c1. The highest BCUT2D eigenvalue weighted by atomic mass is 35.5. The Morgan fingerprint density at radius 3 is 2.29 bits per heavy atom. The number of amides is 1. The minimum Gasteiger partial charge on any atom is -0.462 e. The van der Waals surface area contributed by atoms with E-state index >= 15 is 0 Å². The summed E-state index contributed by atoms with van der Waals surface area (Å²) in [6.07, 6.45) is 1.14. The highest BCUT2D eigenvalue weighted by Gasteiger charge is 2.16. The third kappa shape index (κ3) is 4.76. The monoisotopic (exact) mass is 307 g/mol. The Morgan fingerprint density at radius 1 is 1.38 bits per heavy atom. The number of allylic oxidation sites excluding steroid dienone is 1. The molecular formula is C16H18ClNO3. The lowest BCUT2D eigenvalue weighted by Gasteiger charge is -2.16. The van der Waals surface area contributed by atoms with Crippen LogP contribution in [0, 0.1) is 0 Å². The lowest BCUT2D eigenvalue weighted by Crippen LogP contribution is -2.24. The topological polar surface area (TPSA) is 46.6 Å². The maximum Gasteiger partial charge on any atom is 0.351 e. The number of esters is 1. The van der Waals surface area contributed by atoms with E-state index in [1.165, 1.54) is 23.1 Å². The van der Waals surface area contributed by atoms with E-state index in [1.807, 2.05) is 0 Å². The van der Waals surface area contributed by atoms with Crippen LogP contribution >= 0.6 is 11.6 Å². The van der Waals surface area contributed by atoms with Crippen LogP contribution in [0.4, 0.5) is 0 Å². The number of likely N-dealkylation sites (N-methyl/N-ethyl adjacent to an activating group) is 1. The van der Waals surface area contributed by atoms with Crippen LogP contribution in [0.25, 0.3) is 11.1 Å². The number of halogens is 1. The molecule has 1 amide bonds. The first-order chi connectivity index (χ1) is 9.92. The van der Waals surface area contributed by atoms with Gasteiger partial charge in [-0.2, -0.15) is 0 Å². The van der Waals surface area contributed by atoms with Gasteiger partial charge in [-0.05, 0) is 37.1 Å². The molecule has 0 aromatic carbocycles. The Balaban J connectivity index is 0.000000294. The molecule has 21 heavy (non-hydrogen) atoms. The van der Waals surface area contributed by atoms with Crippen LogP contribution in [-0.4, -0.2) is 30.4 Å². The van der Waals surface area contributed by atoms with Gasteiger partial charge in [-0.25, -0.2) is 4.79 Å². The highest BCUT2D eigenvalue weighted by molar-refractivity contribution is 6.41. The minimum atomic E-state index is -0.639. The van der Waals surface area contributed by atoms with Gasteiger partial charge in [0.05, 0.1) is 6.61 Å². The standard InChI is InChI=1S/C10H14ClNO3.C6H4/c1-5-8(13)12(4)7(3)9(11)10(14)15-6-2;1-2-5-4-6(5)3-1/h5H,1,6H2,2-4H3;1-4H. The highest BCUT2D eigenvalue weighted by Crippen LogP contribution is 2.32. The van der Waals surface area contributed by atoms with Gasteiger partial charge in [0.2, 0.25) is 5.91 Å². The fourth-order valence-corrected chi connectivity index (χ4v) is 1.65. The third-order valence-electron chi connectivity index (χ3n) is 2.89. The number of carbonyl (C=O) groups excluding carboxylic acids is 2. The maximum absolute atomic E-state index is 11.2. The van der Waals surface area contributed by atoms with Crippen molar-refractivity contribution in [2.45, 2.75) is 13.8 Å². The van der Waals surface area contributed by atoms with Crippen LogP contribution in [-0.2, 0) is 14.3 Å². The molecule has 0 saturated carbocycles. The van der Waals surface area contributed by atoms with E-state index in [0.29, 0.717) is 5.70 Å². The zero-order valence-corrected chi connectivity index (χ0v) is 13.1. The number of hydrogen-bond acceptors (Lipinski definition) is 3. The number of benzene rings is 1. The van der Waals surface area contributed by atoms with Crippen molar-refractivity contribution in [3.8, 4) is 11.1 Å². The van der Waals surface area contributed by atoms with Crippen molar-refractivity contribution >= 4 is 23.5 Å². The van der Waals surface area contributed by atoms with Crippen molar-refractivity contribution in [1.82, 2.24) is 4.90 Å². The summed E-state index contributed by atoms with van der Waals surface area (Å²) in [5, 5.41) is -0.102. The summed E-state index contributed by atoms with van der Waals surface area (Å²) >= 11 is 5.73. The van der Waals surface area contributed by atoms with Gasteiger partial charge in [0, 0.05) is 12.7 Å². The largest absolute Gasteiger partial charge is 0.462 e. The van der Waals surface area contributed by atoms with Crippen molar-refractivity contribution in [1.29, 1.82) is 0 Å². The summed E-state index contributed by atoms with van der Waals surface area (Å²) < 4.78 is 4.70. The Labute approximate surface area is 129 Å². The smallest absolute Gasteiger partial charge is 0.351 e. The summed E-state index contributed by atoms with van der Waals surface area (Å²) in [7, 11) is 1.50. The Hall–Kier alpha value is -2.07. The van der Waals surface area contributed by atoms with Crippen molar-refractivity contribution < 1.29 is 14.3 Å². The van der Waals surface area contributed by atoms with Crippen LogP contribution in [0.3, 0.4) is 0 Å². The van der Waals surface area contributed by atoms with Crippen LogP contribution in [0.5, 0.6) is 0 Å². The van der Waals surface area contributed by atoms with E-state index in [0.717, 1.165) is 6.08 Å². The lowest BCUT2D eigenvalue weighted by atomic mass is 10.3. The van der Waals surface area contributed by atoms with Crippen molar-refractivity contribution in [3.63, 3.8) is 0 Å². The number of rotatable bonds is 4. The normalized spacial score (nSPS) is 11.4. The van der Waals surface area contributed by atoms with E-state index in [1.54, 1.807) is 13.8 Å². The number of fused-ring (bicyclic) bond motifs is 1. The molecule has 0 N–H and O–H groups in total. The Morgan fingerprint density at radius 2 is 1.95 bits per heavy atom. The van der Waals surface area contributed by atoms with Crippen LogP contribution < -0.4 is 0 Å². The average molecular weight is 308 g/mol. The van der Waals surface area contributed by atoms with Gasteiger partial charge in [0.1, 0.15) is 5.03 Å². The Kier molecular flexibility index (Phi) is 6.18. The molecule has 0 unspecified atom stereocenters. The van der Waals surface area contributed by atoms with Gasteiger partial charge in [-0.3, -0.25) is 4.79 Å². The van der Waals surface area contributed by atoms with Gasteiger partial charge < -0.3 is 9.64 Å². The molecule has 4 nitrogen and oxygen atoms in total. The molecule has 0 aromatic rings. The average Bonchev–Trinajstić information content (AvgIpc) is 3.10. The second kappa shape index (κ2) is 7.64. The van der Waals surface area contributed by atoms with E-state index in [-0.39, 0.29) is 17.5 Å². The molecule has 0 saturated heterocycles. The van der Waals surface area contributed by atoms with Crippen molar-refractivity contribution in [3.05, 3.63) is 47.6 Å². The van der Waals surface area contributed by atoms with E-state index < -0.39 is 5.97 Å². The molecule has 2 aliphatic carbocycles. The first-order valence-corrected chi connectivity index (χ1v) is 6.84. The predicted molar refractivity (Wildman–Crippen MR) is 83.6 cm³/mol. The van der Waals surface area contributed by atoms with Gasteiger partial charge in [-0.1, -0.05) is 36.4 Å². The van der Waals surface area contributed by atoms with E-state index in [4.69, 9.17) is 16.3 Å². The predicted octanol–water partition coefficient (Wildman–Crippen LogP) is 3.33. The quantitative estimate of drug-likeness (QED) is 0.643. The second-order valence-corrected chi connectivity index (χ2v) is 4.68. The number of carbonyl (C=O) groups is 2. The molecule has 112 valence electrons. The van der Waals surface area contributed by atoms with Crippen LogP contribution in [0.1, 0.15) is 13.8 Å². The van der Waals surface area contributed by atoms with Crippen molar-refractivity contribution in [2.24, 2.45) is 0 Å². The maximum atomic E-state index is 11.2. The van der Waals surface area contributed by atoms with Gasteiger partial charge in [-0.15, -0.1) is 0 Å². The first kappa shape index (κ1) is 17.0. The molecule has 2 aliphatic rings. The molecular weight excluding hydrogens is 290 g/mol. The molecule has 2 rings (SSSR count). The second-order valence-electron chi connectivity index (χ2n) is 4.30. The fraction of sp³-hybridized carbons (Fsp3) is 0.250. The number of ether oxygens (including phenoxy) is 1. The molecule has 0 aromatic heterocycles. The van der Waals surface area contributed by atoms with Crippen LogP contribution in [0.15, 0.2) is 47.6 Å². The minimum absolute atomic E-state index is 0.102. The van der Waals surface area contributed by atoms with E-state index in [2.05, 4.69) is 30.8 Å². The summed E-state index contributed by atoms with van der Waals surface area (Å²) in [6, 6.07) is 8.48. The molecule has 0 atom stereocenters. The number of hydrogen-bond donors (Lipinski definition) is 0. The van der Waals surface area contributed by atoms with Gasteiger partial charge >= 0.3 is 5.97 Å². The van der Waals surface area contributed by atoms with Crippen molar-refractivity contribution in [2.75, 3.05) is 13.7 Å². The first-order valence-electron chi connectivity index (χ1n) is 6.46. The number of nitrogens with zero attached hydrogens (tertiary/aromatic N) is 1. The summed E-state index contributed by atoms with van der Waals surface area (Å²) in [5.74, 6) is -0.977. The molecule has 0 bridgehead atoms. The molecule has 0 radical (unpaired) electrons. The zero-order chi connectivity index (χ0) is 16.0.